The van der Waals surface area contributed by atoms with Gasteiger partial charge in [0.15, 0.2) is 0 Å². The van der Waals surface area contributed by atoms with Gasteiger partial charge in [0.25, 0.3) is 0 Å². The summed E-state index contributed by atoms with van der Waals surface area (Å²) >= 11 is 2.24. The third-order valence-corrected chi connectivity index (χ3v) is 6.06. The number of para-hydroxylation sites is 2. The van der Waals surface area contributed by atoms with Gasteiger partial charge in [0, 0.05) is 11.3 Å². The molecule has 0 bridgehead atoms. The van der Waals surface area contributed by atoms with Crippen LogP contribution in [0.15, 0.2) is 29.4 Å². The maximum atomic E-state index is 12.5. The second kappa shape index (κ2) is 10.3. The van der Waals surface area contributed by atoms with Gasteiger partial charge in [-0.2, -0.15) is 4.68 Å². The van der Waals surface area contributed by atoms with Crippen molar-refractivity contribution in [2.24, 2.45) is 0 Å². The molecule has 0 aliphatic heterocycles. The summed E-state index contributed by atoms with van der Waals surface area (Å²) < 4.78 is 17.2. The van der Waals surface area contributed by atoms with E-state index >= 15 is 0 Å². The number of thioether (sulfide) groups is 1. The first-order valence-corrected chi connectivity index (χ1v) is 11.1. The highest BCUT2D eigenvalue weighted by molar-refractivity contribution is 7.98. The molecule has 0 atom stereocenters. The highest BCUT2D eigenvalue weighted by Crippen LogP contribution is 2.37. The van der Waals surface area contributed by atoms with Crippen LogP contribution in [-0.2, 0) is 15.2 Å². The van der Waals surface area contributed by atoms with E-state index in [0.717, 1.165) is 11.3 Å². The van der Waals surface area contributed by atoms with Crippen molar-refractivity contribution >= 4 is 40.0 Å². The van der Waals surface area contributed by atoms with Gasteiger partial charge in [0.1, 0.15) is 21.3 Å². The lowest BCUT2D eigenvalue weighted by atomic mass is 10.1. The number of esters is 2. The first kappa shape index (κ1) is 22.6. The van der Waals surface area contributed by atoms with Crippen LogP contribution in [0.4, 0.5) is 5.00 Å². The lowest BCUT2D eigenvalue weighted by molar-refractivity contribution is 0.0527. The zero-order valence-corrected chi connectivity index (χ0v) is 18.8. The van der Waals surface area contributed by atoms with E-state index < -0.39 is 11.9 Å². The zero-order chi connectivity index (χ0) is 22.4. The van der Waals surface area contributed by atoms with Crippen molar-refractivity contribution in [2.45, 2.75) is 24.8 Å². The summed E-state index contributed by atoms with van der Waals surface area (Å²) in [6.45, 7) is 3.78. The molecule has 0 aliphatic rings. The molecule has 0 fully saturated rings. The number of benzene rings is 1. The first-order chi connectivity index (χ1) is 15.0. The smallest absolute Gasteiger partial charge is 0.348 e. The summed E-state index contributed by atoms with van der Waals surface area (Å²) in [5.74, 6) is -0.344. The topological polar surface area (TPSA) is 131 Å². The van der Waals surface area contributed by atoms with Crippen LogP contribution in [0.5, 0.6) is 5.75 Å². The standard InChI is InChI=1S/C19H21N5O5S2/c1-4-28-17(25)14-11(15(31-16(14)20)18(26)29-5-2)10-30-19-21-22-23-24(19)12-8-6-7-9-13(12)27-3/h6-9H,4-5,10,20H2,1-3H3. The van der Waals surface area contributed by atoms with Crippen LogP contribution < -0.4 is 10.5 Å². The SMILES string of the molecule is CCOC(=O)c1sc(N)c(C(=O)OCC)c1CSc1nnnn1-c1ccccc1OC. The summed E-state index contributed by atoms with van der Waals surface area (Å²) in [5, 5.41) is 12.5. The minimum atomic E-state index is -0.591. The van der Waals surface area contributed by atoms with Crippen molar-refractivity contribution in [3.63, 3.8) is 0 Å². The molecule has 0 saturated carbocycles. The predicted molar refractivity (Wildman–Crippen MR) is 116 cm³/mol. The Morgan fingerprint density at radius 1 is 1.16 bits per heavy atom. The molecule has 164 valence electrons. The Kier molecular flexibility index (Phi) is 7.47. The fraction of sp³-hybridized carbons (Fsp3) is 0.316. The average Bonchev–Trinajstić information content (AvgIpc) is 3.36. The van der Waals surface area contributed by atoms with Crippen LogP contribution >= 0.6 is 23.1 Å². The second-order valence-electron chi connectivity index (χ2n) is 5.92. The molecular formula is C19H21N5O5S2. The van der Waals surface area contributed by atoms with E-state index in [9.17, 15) is 9.59 Å². The van der Waals surface area contributed by atoms with Crippen LogP contribution in [0.1, 0.15) is 39.4 Å². The maximum Gasteiger partial charge on any atom is 0.348 e. The number of nitrogen functional groups attached to an aromatic ring is 1. The van der Waals surface area contributed by atoms with E-state index in [1.807, 2.05) is 18.2 Å². The fourth-order valence-electron chi connectivity index (χ4n) is 2.77. The third-order valence-electron chi connectivity index (χ3n) is 4.07. The van der Waals surface area contributed by atoms with Crippen LogP contribution in [0.25, 0.3) is 5.69 Å². The van der Waals surface area contributed by atoms with Crippen molar-refractivity contribution in [3.05, 3.63) is 40.3 Å². The van der Waals surface area contributed by atoms with E-state index in [1.165, 1.54) is 16.4 Å². The van der Waals surface area contributed by atoms with Gasteiger partial charge in [-0.1, -0.05) is 23.9 Å². The van der Waals surface area contributed by atoms with Gasteiger partial charge < -0.3 is 19.9 Å². The number of anilines is 1. The Bertz CT molecular complexity index is 1080. The lowest BCUT2D eigenvalue weighted by Crippen LogP contribution is -2.11. The van der Waals surface area contributed by atoms with Gasteiger partial charge in [-0.3, -0.25) is 0 Å². The van der Waals surface area contributed by atoms with E-state index in [0.29, 0.717) is 22.2 Å². The highest BCUT2D eigenvalue weighted by atomic mass is 32.2. The molecule has 3 aromatic rings. The van der Waals surface area contributed by atoms with Crippen molar-refractivity contribution in [3.8, 4) is 11.4 Å². The van der Waals surface area contributed by atoms with Gasteiger partial charge >= 0.3 is 11.9 Å². The quantitative estimate of drug-likeness (QED) is 0.373. The van der Waals surface area contributed by atoms with Crippen LogP contribution in [0.3, 0.4) is 0 Å². The molecule has 3 rings (SSSR count). The molecule has 0 amide bonds. The van der Waals surface area contributed by atoms with Gasteiger partial charge in [-0.05, 0) is 36.4 Å². The average molecular weight is 464 g/mol. The van der Waals surface area contributed by atoms with E-state index in [-0.39, 0.29) is 34.4 Å². The first-order valence-electron chi connectivity index (χ1n) is 9.31. The Balaban J connectivity index is 1.96. The number of hydrogen-bond donors (Lipinski definition) is 1. The van der Waals surface area contributed by atoms with Gasteiger partial charge in [-0.15, -0.1) is 16.4 Å². The number of carbonyl (C=O) groups excluding carboxylic acids is 2. The maximum absolute atomic E-state index is 12.5. The molecule has 2 aromatic heterocycles. The largest absolute Gasteiger partial charge is 0.494 e. The van der Waals surface area contributed by atoms with Gasteiger partial charge in [0.2, 0.25) is 5.16 Å². The Morgan fingerprint density at radius 2 is 1.87 bits per heavy atom. The number of nitrogens with zero attached hydrogens (tertiary/aromatic N) is 4. The summed E-state index contributed by atoms with van der Waals surface area (Å²) in [6, 6.07) is 7.29. The number of rotatable bonds is 9. The summed E-state index contributed by atoms with van der Waals surface area (Å²) in [7, 11) is 1.56. The fourth-order valence-corrected chi connectivity index (χ4v) is 4.75. The van der Waals surface area contributed by atoms with Gasteiger partial charge in [0.05, 0.1) is 25.9 Å². The number of methoxy groups -OCH3 is 1. The summed E-state index contributed by atoms with van der Waals surface area (Å²) in [6.07, 6.45) is 0. The molecule has 10 nitrogen and oxygen atoms in total. The number of thiophene rings is 1. The number of carbonyl (C=O) groups is 2. The molecule has 0 aliphatic carbocycles. The highest BCUT2D eigenvalue weighted by Gasteiger charge is 2.28. The predicted octanol–water partition coefficient (Wildman–Crippen LogP) is 2.96. The molecule has 0 saturated heterocycles. The van der Waals surface area contributed by atoms with Crippen LogP contribution in [0.2, 0.25) is 0 Å². The molecule has 2 heterocycles. The van der Waals surface area contributed by atoms with Crippen molar-refractivity contribution in [1.82, 2.24) is 20.2 Å². The van der Waals surface area contributed by atoms with E-state index in [2.05, 4.69) is 15.5 Å². The summed E-state index contributed by atoms with van der Waals surface area (Å²) in [4.78, 5) is 25.2. The number of hydrogen-bond acceptors (Lipinski definition) is 11. The molecule has 31 heavy (non-hydrogen) atoms. The number of nitrogens with two attached hydrogens (primary N) is 1. The monoisotopic (exact) mass is 463 g/mol. The molecule has 1 aromatic carbocycles. The number of aromatic nitrogens is 4. The molecule has 2 N–H and O–H groups in total. The minimum absolute atomic E-state index is 0.165. The zero-order valence-electron chi connectivity index (χ0n) is 17.2. The van der Waals surface area contributed by atoms with Crippen molar-refractivity contribution in [1.29, 1.82) is 0 Å². The van der Waals surface area contributed by atoms with Gasteiger partial charge in [-0.25, -0.2) is 9.59 Å². The molecule has 0 unspecified atom stereocenters. The summed E-state index contributed by atoms with van der Waals surface area (Å²) in [5.41, 5.74) is 7.30. The third kappa shape index (κ3) is 4.80. The normalized spacial score (nSPS) is 10.7. The Labute approximate surface area is 186 Å². The number of ether oxygens (including phenoxy) is 3. The second-order valence-corrected chi connectivity index (χ2v) is 7.92. The van der Waals surface area contributed by atoms with Crippen molar-refractivity contribution < 1.29 is 23.8 Å². The Hall–Kier alpha value is -3.12. The van der Waals surface area contributed by atoms with Crippen LogP contribution in [-0.4, -0.2) is 52.5 Å². The molecule has 0 radical (unpaired) electrons. The molecular weight excluding hydrogens is 442 g/mol. The minimum Gasteiger partial charge on any atom is -0.494 e. The van der Waals surface area contributed by atoms with Crippen molar-refractivity contribution in [2.75, 3.05) is 26.1 Å². The molecule has 0 spiro atoms. The Morgan fingerprint density at radius 3 is 2.58 bits per heavy atom. The van der Waals surface area contributed by atoms with E-state index in [4.69, 9.17) is 19.9 Å². The molecule has 12 heteroatoms. The number of tetrazole rings is 1. The van der Waals surface area contributed by atoms with Crippen LogP contribution in [0, 0.1) is 0 Å². The lowest BCUT2D eigenvalue weighted by Gasteiger charge is -2.10. The van der Waals surface area contributed by atoms with E-state index in [1.54, 1.807) is 27.0 Å².